The van der Waals surface area contributed by atoms with Gasteiger partial charge in [0.05, 0.1) is 5.56 Å². The van der Waals surface area contributed by atoms with E-state index in [-0.39, 0.29) is 17.1 Å². The third-order valence-corrected chi connectivity index (χ3v) is 3.04. The van der Waals surface area contributed by atoms with Gasteiger partial charge in [-0.05, 0) is 30.7 Å². The van der Waals surface area contributed by atoms with Crippen LogP contribution in [0.2, 0.25) is 0 Å². The van der Waals surface area contributed by atoms with Gasteiger partial charge in [-0.3, -0.25) is 4.79 Å². The second kappa shape index (κ2) is 7.84. The summed E-state index contributed by atoms with van der Waals surface area (Å²) in [6.07, 6.45) is 6.91. The first kappa shape index (κ1) is 15.6. The normalized spacial score (nSPS) is 11.1. The van der Waals surface area contributed by atoms with E-state index in [1.807, 2.05) is 49.4 Å². The zero-order valence-corrected chi connectivity index (χ0v) is 12.4. The summed E-state index contributed by atoms with van der Waals surface area (Å²) in [4.78, 5) is 12.1. The Hall–Kier alpha value is -2.81. The molecule has 0 aromatic heterocycles. The molecule has 1 N–H and O–H groups in total. The summed E-state index contributed by atoms with van der Waals surface area (Å²) in [7, 11) is 0. The van der Waals surface area contributed by atoms with Gasteiger partial charge in [-0.25, -0.2) is 0 Å². The summed E-state index contributed by atoms with van der Waals surface area (Å²) in [5.74, 6) is 0.196. The minimum Gasteiger partial charge on any atom is -0.507 e. The number of carbonyl (C=O) groups is 1. The maximum absolute atomic E-state index is 12.1. The molecule has 2 aromatic rings. The summed E-state index contributed by atoms with van der Waals surface area (Å²) in [6, 6.07) is 14.2. The van der Waals surface area contributed by atoms with Crippen molar-refractivity contribution < 1.29 is 14.6 Å². The summed E-state index contributed by atoms with van der Waals surface area (Å²) < 4.78 is 5.42. The summed E-state index contributed by atoms with van der Waals surface area (Å²) in [5, 5.41) is 9.96. The smallest absolute Gasteiger partial charge is 0.189 e. The van der Waals surface area contributed by atoms with E-state index in [1.165, 1.54) is 12.1 Å². The third kappa shape index (κ3) is 4.35. The van der Waals surface area contributed by atoms with E-state index in [2.05, 4.69) is 0 Å². The van der Waals surface area contributed by atoms with E-state index in [9.17, 15) is 9.90 Å². The number of phenols is 1. The molecule has 0 heterocycles. The van der Waals surface area contributed by atoms with E-state index in [0.29, 0.717) is 12.4 Å². The molecule has 22 heavy (non-hydrogen) atoms. The fraction of sp³-hybridized carbons (Fsp3) is 0.105. The van der Waals surface area contributed by atoms with Gasteiger partial charge >= 0.3 is 0 Å². The molecule has 3 heteroatoms. The third-order valence-electron chi connectivity index (χ3n) is 3.04. The molecular weight excluding hydrogens is 276 g/mol. The molecule has 0 spiro atoms. The van der Waals surface area contributed by atoms with Crippen LogP contribution in [-0.2, 0) is 0 Å². The van der Waals surface area contributed by atoms with Crippen molar-refractivity contribution >= 4 is 11.9 Å². The molecule has 0 bridgehead atoms. The zero-order chi connectivity index (χ0) is 15.8. The van der Waals surface area contributed by atoms with Crippen molar-refractivity contribution in [2.45, 2.75) is 6.92 Å². The van der Waals surface area contributed by atoms with Crippen molar-refractivity contribution in [2.75, 3.05) is 6.61 Å². The van der Waals surface area contributed by atoms with Gasteiger partial charge in [0, 0.05) is 6.07 Å². The summed E-state index contributed by atoms with van der Waals surface area (Å²) in [5.41, 5.74) is 1.19. The largest absolute Gasteiger partial charge is 0.507 e. The van der Waals surface area contributed by atoms with Gasteiger partial charge in [0.15, 0.2) is 5.78 Å². The lowest BCUT2D eigenvalue weighted by Crippen LogP contribution is -1.97. The first-order valence-corrected chi connectivity index (χ1v) is 7.05. The number of carbonyl (C=O) groups excluding carboxylic acids is 1. The Morgan fingerprint density at radius 2 is 1.95 bits per heavy atom. The minimum atomic E-state index is -0.249. The second-order valence-corrected chi connectivity index (χ2v) is 4.67. The van der Waals surface area contributed by atoms with E-state index in [1.54, 1.807) is 18.2 Å². The number of ketones is 1. The SMILES string of the molecule is CC=CCOc1ccc(C(=O)/C=C/c2ccccc2)c(O)c1. The number of allylic oxidation sites excluding steroid dienone is 2. The molecule has 0 fully saturated rings. The molecule has 0 radical (unpaired) electrons. The molecule has 0 unspecified atom stereocenters. The molecule has 0 saturated carbocycles. The highest BCUT2D eigenvalue weighted by Crippen LogP contribution is 2.24. The Balaban J connectivity index is 2.08. The predicted molar refractivity (Wildman–Crippen MR) is 88.2 cm³/mol. The fourth-order valence-corrected chi connectivity index (χ4v) is 1.88. The molecule has 112 valence electrons. The minimum absolute atomic E-state index is 0.0827. The number of aromatic hydroxyl groups is 1. The average molecular weight is 294 g/mol. The van der Waals surface area contributed by atoms with Crippen molar-refractivity contribution in [3.05, 3.63) is 77.9 Å². The molecule has 2 aromatic carbocycles. The van der Waals surface area contributed by atoms with Gasteiger partial charge in [0.1, 0.15) is 18.1 Å². The highest BCUT2D eigenvalue weighted by atomic mass is 16.5. The molecule has 3 nitrogen and oxygen atoms in total. The molecular formula is C19H18O3. The van der Waals surface area contributed by atoms with E-state index in [0.717, 1.165) is 5.56 Å². The number of benzene rings is 2. The lowest BCUT2D eigenvalue weighted by molar-refractivity contribution is 0.104. The van der Waals surface area contributed by atoms with Gasteiger partial charge in [-0.15, -0.1) is 0 Å². The maximum atomic E-state index is 12.1. The Bertz CT molecular complexity index is 685. The van der Waals surface area contributed by atoms with Crippen molar-refractivity contribution in [2.24, 2.45) is 0 Å². The topological polar surface area (TPSA) is 46.5 Å². The van der Waals surface area contributed by atoms with Crippen LogP contribution >= 0.6 is 0 Å². The second-order valence-electron chi connectivity index (χ2n) is 4.67. The van der Waals surface area contributed by atoms with Crippen molar-refractivity contribution in [1.29, 1.82) is 0 Å². The number of rotatable bonds is 6. The monoisotopic (exact) mass is 294 g/mol. The molecule has 0 aliphatic heterocycles. The van der Waals surface area contributed by atoms with E-state index < -0.39 is 0 Å². The lowest BCUT2D eigenvalue weighted by atomic mass is 10.1. The van der Waals surface area contributed by atoms with Crippen LogP contribution in [-0.4, -0.2) is 17.5 Å². The Kier molecular flexibility index (Phi) is 5.55. The van der Waals surface area contributed by atoms with Gasteiger partial charge in [0.2, 0.25) is 0 Å². The highest BCUT2D eigenvalue weighted by Gasteiger charge is 2.09. The zero-order valence-electron chi connectivity index (χ0n) is 12.4. The van der Waals surface area contributed by atoms with Gasteiger partial charge in [0.25, 0.3) is 0 Å². The molecule has 0 aliphatic carbocycles. The van der Waals surface area contributed by atoms with Crippen LogP contribution in [0.1, 0.15) is 22.8 Å². The van der Waals surface area contributed by atoms with Crippen LogP contribution in [0.4, 0.5) is 0 Å². The molecule has 2 rings (SSSR count). The van der Waals surface area contributed by atoms with Crippen LogP contribution in [0.3, 0.4) is 0 Å². The maximum Gasteiger partial charge on any atom is 0.189 e. The Labute approximate surface area is 130 Å². The first-order valence-electron chi connectivity index (χ1n) is 7.05. The first-order chi connectivity index (χ1) is 10.7. The van der Waals surface area contributed by atoms with Crippen LogP contribution in [0.15, 0.2) is 66.8 Å². The highest BCUT2D eigenvalue weighted by molar-refractivity contribution is 6.08. The molecule has 0 amide bonds. The molecule has 0 atom stereocenters. The number of hydrogen-bond acceptors (Lipinski definition) is 3. The Morgan fingerprint density at radius 3 is 2.64 bits per heavy atom. The quantitative estimate of drug-likeness (QED) is 0.492. The van der Waals surface area contributed by atoms with E-state index >= 15 is 0 Å². The van der Waals surface area contributed by atoms with Crippen LogP contribution in [0, 0.1) is 0 Å². The summed E-state index contributed by atoms with van der Waals surface area (Å²) >= 11 is 0. The fourth-order valence-electron chi connectivity index (χ4n) is 1.88. The predicted octanol–water partition coefficient (Wildman–Crippen LogP) is 4.24. The van der Waals surface area contributed by atoms with Crippen molar-refractivity contribution in [1.82, 2.24) is 0 Å². The van der Waals surface area contributed by atoms with Crippen LogP contribution in [0.5, 0.6) is 11.5 Å². The standard InChI is InChI=1S/C19H18O3/c1-2-3-13-22-16-10-11-17(19(21)14-16)18(20)12-9-15-7-5-4-6-8-15/h2-12,14,21H,13H2,1H3/b3-2?,12-9+. The lowest BCUT2D eigenvalue weighted by Gasteiger charge is -2.06. The number of phenolic OH excluding ortho intramolecular Hbond substituents is 1. The van der Waals surface area contributed by atoms with Crippen molar-refractivity contribution in [3.63, 3.8) is 0 Å². The average Bonchev–Trinajstić information content (AvgIpc) is 2.54. The Morgan fingerprint density at radius 1 is 1.18 bits per heavy atom. The van der Waals surface area contributed by atoms with Gasteiger partial charge < -0.3 is 9.84 Å². The van der Waals surface area contributed by atoms with Crippen LogP contribution in [0.25, 0.3) is 6.08 Å². The van der Waals surface area contributed by atoms with Crippen molar-refractivity contribution in [3.8, 4) is 11.5 Å². The number of ether oxygens (including phenoxy) is 1. The van der Waals surface area contributed by atoms with Gasteiger partial charge in [-0.1, -0.05) is 48.6 Å². The number of hydrogen-bond donors (Lipinski definition) is 1. The molecule has 0 saturated heterocycles. The van der Waals surface area contributed by atoms with Crippen LogP contribution < -0.4 is 4.74 Å². The summed E-state index contributed by atoms with van der Waals surface area (Å²) in [6.45, 7) is 2.33. The van der Waals surface area contributed by atoms with E-state index in [4.69, 9.17) is 4.74 Å². The van der Waals surface area contributed by atoms with Gasteiger partial charge in [-0.2, -0.15) is 0 Å². The molecule has 0 aliphatic rings.